The van der Waals surface area contributed by atoms with Gasteiger partial charge in [-0.2, -0.15) is 0 Å². The number of nitrogens with zero attached hydrogens (tertiary/aromatic N) is 2. The van der Waals surface area contributed by atoms with E-state index < -0.39 is 5.97 Å². The average Bonchev–Trinajstić information content (AvgIpc) is 2.83. The highest BCUT2D eigenvalue weighted by Crippen LogP contribution is 2.29. The zero-order valence-electron chi connectivity index (χ0n) is 10.1. The van der Waals surface area contributed by atoms with Crippen molar-refractivity contribution in [3.05, 3.63) is 48.0 Å². The number of rotatable bonds is 2. The Kier molecular flexibility index (Phi) is 2.52. The van der Waals surface area contributed by atoms with Crippen molar-refractivity contribution >= 4 is 17.1 Å². The summed E-state index contributed by atoms with van der Waals surface area (Å²) in [4.78, 5) is 19.1. The second kappa shape index (κ2) is 4.20. The summed E-state index contributed by atoms with van der Waals surface area (Å²) in [5.74, 6) is -1.25. The van der Waals surface area contributed by atoms with Crippen LogP contribution in [-0.4, -0.2) is 21.0 Å². The van der Waals surface area contributed by atoms with Gasteiger partial charge in [-0.25, -0.2) is 14.8 Å². The number of fused-ring (bicyclic) bond motifs is 1. The second-order valence-corrected chi connectivity index (χ2v) is 4.17. The fourth-order valence-corrected chi connectivity index (χ4v) is 2.01. The monoisotopic (exact) mass is 254 g/mol. The highest BCUT2D eigenvalue weighted by molar-refractivity contribution is 5.96. The zero-order valence-corrected chi connectivity index (χ0v) is 10.1. The van der Waals surface area contributed by atoms with Crippen LogP contribution in [0.15, 0.2) is 41.1 Å². The standard InChI is InChI=1S/C14H10N2O3/c1-8-4-2-3-5-9(8)12-10-6-11(14(17)18)19-13(10)16-7-15-12/h2-7H,1H3,(H,17,18). The number of carboxylic acid groups (broad SMARTS) is 1. The number of carboxylic acids is 1. The van der Waals surface area contributed by atoms with Gasteiger partial charge in [-0.15, -0.1) is 0 Å². The minimum Gasteiger partial charge on any atom is -0.475 e. The van der Waals surface area contributed by atoms with Crippen LogP contribution in [0, 0.1) is 6.92 Å². The van der Waals surface area contributed by atoms with Crippen molar-refractivity contribution in [3.8, 4) is 11.3 Å². The highest BCUT2D eigenvalue weighted by Gasteiger charge is 2.16. The molecule has 3 rings (SSSR count). The Labute approximate surface area is 108 Å². The maximum Gasteiger partial charge on any atom is 0.371 e. The molecule has 1 aromatic carbocycles. The number of hydrogen-bond acceptors (Lipinski definition) is 4. The van der Waals surface area contributed by atoms with Crippen LogP contribution in [0.1, 0.15) is 16.1 Å². The van der Waals surface area contributed by atoms with Gasteiger partial charge in [0, 0.05) is 11.6 Å². The molecule has 0 aliphatic heterocycles. The maximum atomic E-state index is 10.9. The zero-order chi connectivity index (χ0) is 13.4. The van der Waals surface area contributed by atoms with Crippen LogP contribution in [0.25, 0.3) is 22.4 Å². The summed E-state index contributed by atoms with van der Waals surface area (Å²) in [6.07, 6.45) is 1.37. The predicted octanol–water partition coefficient (Wildman–Crippen LogP) is 2.90. The lowest BCUT2D eigenvalue weighted by Crippen LogP contribution is -1.91. The summed E-state index contributed by atoms with van der Waals surface area (Å²) in [6.45, 7) is 1.97. The van der Waals surface area contributed by atoms with Crippen LogP contribution >= 0.6 is 0 Å². The molecular weight excluding hydrogens is 244 g/mol. The molecule has 0 fully saturated rings. The van der Waals surface area contributed by atoms with E-state index in [2.05, 4.69) is 9.97 Å². The van der Waals surface area contributed by atoms with Gasteiger partial charge in [0.2, 0.25) is 11.5 Å². The van der Waals surface area contributed by atoms with Crippen LogP contribution in [0.3, 0.4) is 0 Å². The van der Waals surface area contributed by atoms with Crippen molar-refractivity contribution in [3.63, 3.8) is 0 Å². The van der Waals surface area contributed by atoms with Gasteiger partial charge in [-0.1, -0.05) is 24.3 Å². The van der Waals surface area contributed by atoms with E-state index >= 15 is 0 Å². The molecule has 5 nitrogen and oxygen atoms in total. The minimum atomic E-state index is -1.12. The number of aryl methyl sites for hydroxylation is 1. The highest BCUT2D eigenvalue weighted by atomic mass is 16.4. The van der Waals surface area contributed by atoms with Gasteiger partial charge in [-0.3, -0.25) is 0 Å². The third kappa shape index (κ3) is 1.85. The van der Waals surface area contributed by atoms with Crippen LogP contribution in [-0.2, 0) is 0 Å². The summed E-state index contributed by atoms with van der Waals surface area (Å²) in [5.41, 5.74) is 2.96. The van der Waals surface area contributed by atoms with Gasteiger partial charge in [0.1, 0.15) is 6.33 Å². The number of hydrogen-bond donors (Lipinski definition) is 1. The lowest BCUT2D eigenvalue weighted by Gasteiger charge is -2.04. The molecule has 2 heterocycles. The van der Waals surface area contributed by atoms with Gasteiger partial charge in [-0.05, 0) is 12.5 Å². The van der Waals surface area contributed by atoms with E-state index in [0.29, 0.717) is 11.1 Å². The van der Waals surface area contributed by atoms with Gasteiger partial charge >= 0.3 is 5.97 Å². The van der Waals surface area contributed by atoms with Crippen molar-refractivity contribution in [2.24, 2.45) is 0 Å². The number of aromatic nitrogens is 2. The lowest BCUT2D eigenvalue weighted by molar-refractivity contribution is 0.0664. The number of aromatic carboxylic acids is 1. The van der Waals surface area contributed by atoms with Crippen molar-refractivity contribution in [1.29, 1.82) is 0 Å². The Hall–Kier alpha value is -2.69. The third-order valence-corrected chi connectivity index (χ3v) is 2.94. The molecule has 19 heavy (non-hydrogen) atoms. The van der Waals surface area contributed by atoms with Gasteiger partial charge in [0.05, 0.1) is 11.1 Å². The number of benzene rings is 1. The predicted molar refractivity (Wildman–Crippen MR) is 68.9 cm³/mol. The van der Waals surface area contributed by atoms with E-state index in [0.717, 1.165) is 11.1 Å². The van der Waals surface area contributed by atoms with E-state index in [1.807, 2.05) is 31.2 Å². The second-order valence-electron chi connectivity index (χ2n) is 4.17. The van der Waals surface area contributed by atoms with Gasteiger partial charge in [0.25, 0.3) is 0 Å². The smallest absolute Gasteiger partial charge is 0.371 e. The van der Waals surface area contributed by atoms with Crippen LogP contribution < -0.4 is 0 Å². The van der Waals surface area contributed by atoms with Crippen molar-refractivity contribution < 1.29 is 14.3 Å². The first-order valence-electron chi connectivity index (χ1n) is 5.70. The molecule has 0 spiro atoms. The molecule has 0 amide bonds. The van der Waals surface area contributed by atoms with E-state index in [1.165, 1.54) is 12.4 Å². The van der Waals surface area contributed by atoms with E-state index in [-0.39, 0.29) is 11.5 Å². The first-order valence-corrected chi connectivity index (χ1v) is 5.70. The first-order chi connectivity index (χ1) is 9.16. The average molecular weight is 254 g/mol. The molecule has 0 aliphatic carbocycles. The van der Waals surface area contributed by atoms with Gasteiger partial charge in [0.15, 0.2) is 0 Å². The summed E-state index contributed by atoms with van der Waals surface area (Å²) < 4.78 is 5.18. The Morgan fingerprint density at radius 2 is 2.05 bits per heavy atom. The van der Waals surface area contributed by atoms with E-state index in [1.54, 1.807) is 0 Å². The fourth-order valence-electron chi connectivity index (χ4n) is 2.01. The molecule has 0 atom stereocenters. The van der Waals surface area contributed by atoms with Crippen LogP contribution in [0.5, 0.6) is 0 Å². The van der Waals surface area contributed by atoms with E-state index in [9.17, 15) is 4.79 Å². The lowest BCUT2D eigenvalue weighted by atomic mass is 10.0. The first kappa shape index (κ1) is 11.4. The number of furan rings is 1. The Morgan fingerprint density at radius 3 is 2.79 bits per heavy atom. The Bertz CT molecular complexity index is 777. The summed E-state index contributed by atoms with van der Waals surface area (Å²) in [7, 11) is 0. The van der Waals surface area contributed by atoms with E-state index in [4.69, 9.17) is 9.52 Å². The molecule has 3 aromatic rings. The van der Waals surface area contributed by atoms with Crippen molar-refractivity contribution in [1.82, 2.24) is 9.97 Å². The Morgan fingerprint density at radius 1 is 1.26 bits per heavy atom. The third-order valence-electron chi connectivity index (χ3n) is 2.94. The molecule has 94 valence electrons. The van der Waals surface area contributed by atoms with Gasteiger partial charge < -0.3 is 9.52 Å². The molecule has 0 bridgehead atoms. The van der Waals surface area contributed by atoms with Crippen LogP contribution in [0.4, 0.5) is 0 Å². The summed E-state index contributed by atoms with van der Waals surface area (Å²) >= 11 is 0. The SMILES string of the molecule is Cc1ccccc1-c1ncnc2oc(C(=O)O)cc12. The maximum absolute atomic E-state index is 10.9. The molecule has 2 aromatic heterocycles. The summed E-state index contributed by atoms with van der Waals surface area (Å²) in [6, 6.07) is 9.22. The molecule has 0 aliphatic rings. The largest absolute Gasteiger partial charge is 0.475 e. The van der Waals surface area contributed by atoms with Crippen molar-refractivity contribution in [2.75, 3.05) is 0 Å². The molecule has 0 saturated heterocycles. The topological polar surface area (TPSA) is 76.2 Å². The quantitative estimate of drug-likeness (QED) is 0.760. The fraction of sp³-hybridized carbons (Fsp3) is 0.0714. The minimum absolute atomic E-state index is 0.134. The Balaban J connectivity index is 2.30. The normalized spacial score (nSPS) is 10.8. The molecule has 5 heteroatoms. The molecular formula is C14H10N2O3. The van der Waals surface area contributed by atoms with Crippen molar-refractivity contribution in [2.45, 2.75) is 6.92 Å². The van der Waals surface area contributed by atoms with Crippen LogP contribution in [0.2, 0.25) is 0 Å². The molecule has 1 N–H and O–H groups in total. The molecule has 0 unspecified atom stereocenters. The molecule has 0 saturated carbocycles. The summed E-state index contributed by atoms with van der Waals surface area (Å²) in [5, 5.41) is 9.57. The number of carbonyl (C=O) groups is 1. The molecule has 0 radical (unpaired) electrons.